The Hall–Kier alpha value is -0.200. The Balaban J connectivity index is 3.53. The van der Waals surface area contributed by atoms with Crippen molar-refractivity contribution in [3.8, 4) is 0 Å². The van der Waals surface area contributed by atoms with Crippen LogP contribution in [0.1, 0.15) is 39.0 Å². The van der Waals surface area contributed by atoms with Gasteiger partial charge < -0.3 is 5.73 Å². The Labute approximate surface area is 97.7 Å². The van der Waals surface area contributed by atoms with Gasteiger partial charge in [0.1, 0.15) is 0 Å². The summed E-state index contributed by atoms with van der Waals surface area (Å²) in [6, 6.07) is 0. The molecule has 0 rings (SSSR count). The van der Waals surface area contributed by atoms with Crippen LogP contribution in [0.4, 0.5) is 0 Å². The lowest BCUT2D eigenvalue weighted by atomic mass is 10.2. The average Bonchev–Trinajstić information content (AvgIpc) is 2.14. The first-order valence-corrected chi connectivity index (χ1v) is 7.29. The van der Waals surface area contributed by atoms with E-state index in [1.54, 1.807) is 0 Å². The Bertz CT molecular complexity index is 276. The fraction of sp³-hybridized carbons (Fsp3) is 0.889. The Morgan fingerprint density at radius 1 is 1.33 bits per heavy atom. The Morgan fingerprint density at radius 3 is 2.53 bits per heavy atom. The summed E-state index contributed by atoms with van der Waals surface area (Å²) >= 11 is 4.72. The van der Waals surface area contributed by atoms with Crippen LogP contribution in [0.5, 0.6) is 0 Å². The first-order valence-electron chi connectivity index (χ1n) is 5.23. The van der Waals surface area contributed by atoms with E-state index in [-0.39, 0.29) is 5.75 Å². The lowest BCUT2D eigenvalue weighted by Gasteiger charge is -2.05. The van der Waals surface area contributed by atoms with Gasteiger partial charge in [-0.3, -0.25) is 0 Å². The van der Waals surface area contributed by atoms with Crippen LogP contribution in [-0.2, 0) is 10.0 Å². The normalized spacial score (nSPS) is 11.5. The molecule has 0 saturated heterocycles. The molecule has 90 valence electrons. The molecule has 0 aromatic carbocycles. The molecule has 0 fully saturated rings. The van der Waals surface area contributed by atoms with E-state index in [1.165, 1.54) is 0 Å². The molecule has 0 heterocycles. The van der Waals surface area contributed by atoms with E-state index >= 15 is 0 Å². The molecule has 0 aromatic heterocycles. The van der Waals surface area contributed by atoms with E-state index in [0.717, 1.165) is 19.3 Å². The first kappa shape index (κ1) is 14.8. The third kappa shape index (κ3) is 10.1. The fourth-order valence-electron chi connectivity index (χ4n) is 1.06. The number of nitrogens with two attached hydrogens (primary N) is 1. The van der Waals surface area contributed by atoms with Gasteiger partial charge in [0.05, 0.1) is 10.7 Å². The van der Waals surface area contributed by atoms with Crippen LogP contribution in [0, 0.1) is 0 Å². The molecule has 6 heteroatoms. The second-order valence-electron chi connectivity index (χ2n) is 3.49. The minimum absolute atomic E-state index is 0.221. The monoisotopic (exact) mass is 252 g/mol. The van der Waals surface area contributed by atoms with Gasteiger partial charge in [0.2, 0.25) is 10.0 Å². The molecule has 0 aromatic rings. The molecular weight excluding hydrogens is 232 g/mol. The van der Waals surface area contributed by atoms with Gasteiger partial charge in [-0.25, -0.2) is 13.1 Å². The van der Waals surface area contributed by atoms with Gasteiger partial charge in [0.15, 0.2) is 0 Å². The SMILES string of the molecule is CCCCS(=O)(=O)NCCCCC(N)=S. The second-order valence-corrected chi connectivity index (χ2v) is 5.94. The Morgan fingerprint density at radius 2 is 2.00 bits per heavy atom. The van der Waals surface area contributed by atoms with Gasteiger partial charge in [-0.05, 0) is 25.7 Å². The minimum atomic E-state index is -3.06. The first-order chi connectivity index (χ1) is 6.98. The summed E-state index contributed by atoms with van der Waals surface area (Å²) in [6.07, 6.45) is 3.91. The topological polar surface area (TPSA) is 72.2 Å². The third-order valence-electron chi connectivity index (χ3n) is 1.94. The Kier molecular flexibility index (Phi) is 7.90. The summed E-state index contributed by atoms with van der Waals surface area (Å²) in [7, 11) is -3.06. The zero-order valence-electron chi connectivity index (χ0n) is 9.16. The molecule has 0 spiro atoms. The molecule has 0 amide bonds. The molecular formula is C9H20N2O2S2. The van der Waals surface area contributed by atoms with Crippen LogP contribution in [0.2, 0.25) is 0 Å². The molecule has 0 aliphatic heterocycles. The number of hydrogen-bond donors (Lipinski definition) is 2. The molecule has 0 aliphatic carbocycles. The van der Waals surface area contributed by atoms with Crippen LogP contribution >= 0.6 is 12.2 Å². The standard InChI is InChI=1S/C9H20N2O2S2/c1-2-3-8-15(12,13)11-7-5-4-6-9(10)14/h11H,2-8H2,1H3,(H2,10,14). The molecule has 0 atom stereocenters. The van der Waals surface area contributed by atoms with Crippen molar-refractivity contribution in [3.63, 3.8) is 0 Å². The number of nitrogens with one attached hydrogen (secondary N) is 1. The van der Waals surface area contributed by atoms with Crippen LogP contribution in [0.15, 0.2) is 0 Å². The maximum Gasteiger partial charge on any atom is 0.211 e. The van der Waals surface area contributed by atoms with Crippen molar-refractivity contribution in [3.05, 3.63) is 0 Å². The number of unbranched alkanes of at least 4 members (excludes halogenated alkanes) is 2. The summed E-state index contributed by atoms with van der Waals surface area (Å²) in [5, 5.41) is 0. The van der Waals surface area contributed by atoms with Gasteiger partial charge in [0, 0.05) is 6.54 Å². The molecule has 0 radical (unpaired) electrons. The van der Waals surface area contributed by atoms with Crippen LogP contribution < -0.4 is 10.5 Å². The molecule has 0 aliphatic rings. The zero-order valence-corrected chi connectivity index (χ0v) is 10.8. The minimum Gasteiger partial charge on any atom is -0.393 e. The molecule has 0 bridgehead atoms. The summed E-state index contributed by atoms with van der Waals surface area (Å²) in [6.45, 7) is 2.45. The molecule has 3 N–H and O–H groups in total. The molecule has 4 nitrogen and oxygen atoms in total. The van der Waals surface area contributed by atoms with Crippen molar-refractivity contribution in [2.24, 2.45) is 5.73 Å². The molecule has 0 saturated carbocycles. The number of rotatable bonds is 9. The summed E-state index contributed by atoms with van der Waals surface area (Å²) in [4.78, 5) is 0.490. The van der Waals surface area contributed by atoms with Crippen molar-refractivity contribution >= 4 is 27.2 Å². The van der Waals surface area contributed by atoms with E-state index in [2.05, 4.69) is 4.72 Å². The van der Waals surface area contributed by atoms with Crippen LogP contribution in [-0.4, -0.2) is 25.7 Å². The number of hydrogen-bond acceptors (Lipinski definition) is 3. The van der Waals surface area contributed by atoms with E-state index in [9.17, 15) is 8.42 Å². The quantitative estimate of drug-likeness (QED) is 0.477. The van der Waals surface area contributed by atoms with Gasteiger partial charge >= 0.3 is 0 Å². The van der Waals surface area contributed by atoms with E-state index < -0.39 is 10.0 Å². The molecule has 15 heavy (non-hydrogen) atoms. The van der Waals surface area contributed by atoms with Crippen molar-refractivity contribution < 1.29 is 8.42 Å². The maximum atomic E-state index is 11.3. The zero-order chi connectivity index (χ0) is 11.7. The summed E-state index contributed by atoms with van der Waals surface area (Å²) < 4.78 is 25.2. The molecule has 0 unspecified atom stereocenters. The number of sulfonamides is 1. The third-order valence-corrected chi connectivity index (χ3v) is 3.61. The lowest BCUT2D eigenvalue weighted by molar-refractivity contribution is 0.574. The highest BCUT2D eigenvalue weighted by atomic mass is 32.2. The fourth-order valence-corrected chi connectivity index (χ4v) is 2.47. The largest absolute Gasteiger partial charge is 0.393 e. The summed E-state index contributed by atoms with van der Waals surface area (Å²) in [5.74, 6) is 0.221. The highest BCUT2D eigenvalue weighted by molar-refractivity contribution is 7.89. The van der Waals surface area contributed by atoms with E-state index in [1.807, 2.05) is 6.92 Å². The van der Waals surface area contributed by atoms with Crippen molar-refractivity contribution in [1.29, 1.82) is 0 Å². The summed E-state index contributed by atoms with van der Waals surface area (Å²) in [5.41, 5.74) is 5.32. The van der Waals surface area contributed by atoms with Crippen LogP contribution in [0.3, 0.4) is 0 Å². The average molecular weight is 252 g/mol. The highest BCUT2D eigenvalue weighted by Gasteiger charge is 2.07. The second kappa shape index (κ2) is 8.01. The van der Waals surface area contributed by atoms with Crippen molar-refractivity contribution in [2.75, 3.05) is 12.3 Å². The van der Waals surface area contributed by atoms with Gasteiger partial charge in [-0.2, -0.15) is 0 Å². The van der Waals surface area contributed by atoms with Crippen LogP contribution in [0.25, 0.3) is 0 Å². The lowest BCUT2D eigenvalue weighted by Crippen LogP contribution is -2.27. The predicted molar refractivity (Wildman–Crippen MR) is 67.3 cm³/mol. The highest BCUT2D eigenvalue weighted by Crippen LogP contribution is 1.97. The van der Waals surface area contributed by atoms with E-state index in [4.69, 9.17) is 18.0 Å². The van der Waals surface area contributed by atoms with Gasteiger partial charge in [-0.1, -0.05) is 25.6 Å². The van der Waals surface area contributed by atoms with Gasteiger partial charge in [-0.15, -0.1) is 0 Å². The van der Waals surface area contributed by atoms with E-state index in [0.29, 0.717) is 24.4 Å². The van der Waals surface area contributed by atoms with Crippen molar-refractivity contribution in [1.82, 2.24) is 4.72 Å². The van der Waals surface area contributed by atoms with Gasteiger partial charge in [0.25, 0.3) is 0 Å². The maximum absolute atomic E-state index is 11.3. The smallest absolute Gasteiger partial charge is 0.211 e. The number of thiocarbonyl (C=S) groups is 1. The van der Waals surface area contributed by atoms with Crippen molar-refractivity contribution in [2.45, 2.75) is 39.0 Å². The predicted octanol–water partition coefficient (Wildman–Crippen LogP) is 1.16.